The molecule has 17 heavy (non-hydrogen) atoms. The lowest BCUT2D eigenvalue weighted by Gasteiger charge is -2.04. The molecule has 2 nitrogen and oxygen atoms in total. The Hall–Kier alpha value is -2.09. The summed E-state index contributed by atoms with van der Waals surface area (Å²) in [7, 11) is 0. The molecule has 1 heterocycles. The number of benzene rings is 2. The molecule has 0 saturated carbocycles. The van der Waals surface area contributed by atoms with E-state index in [0.29, 0.717) is 0 Å². The first-order valence-electron chi connectivity index (χ1n) is 5.79. The van der Waals surface area contributed by atoms with Gasteiger partial charge in [0.05, 0.1) is 0 Å². The van der Waals surface area contributed by atoms with Gasteiger partial charge in [0.15, 0.2) is 0 Å². The highest BCUT2D eigenvalue weighted by molar-refractivity contribution is 5.96. The number of hydrogen-bond donors (Lipinski definition) is 0. The summed E-state index contributed by atoms with van der Waals surface area (Å²) in [6.45, 7) is 1.80. The van der Waals surface area contributed by atoms with Gasteiger partial charge in [0.2, 0.25) is 0 Å². The van der Waals surface area contributed by atoms with Crippen LogP contribution < -0.4 is 0 Å². The van der Waals surface area contributed by atoms with E-state index >= 15 is 0 Å². The Balaban J connectivity index is 1.87. The molecule has 2 aromatic carbocycles. The fourth-order valence-electron chi connectivity index (χ4n) is 1.87. The molecule has 1 aliphatic heterocycles. The van der Waals surface area contributed by atoms with E-state index < -0.39 is 0 Å². The molecule has 0 bridgehead atoms. The Morgan fingerprint density at radius 3 is 2.00 bits per heavy atom. The van der Waals surface area contributed by atoms with Crippen LogP contribution in [-0.4, -0.2) is 23.9 Å². The lowest BCUT2D eigenvalue weighted by atomic mass is 10.0. The number of carbonyl (C=O) groups excluding carboxylic acids is 1. The molecular weight excluding hydrogens is 210 g/mol. The van der Waals surface area contributed by atoms with Crippen molar-refractivity contribution in [1.82, 2.24) is 4.90 Å². The molecule has 2 heteroatoms. The van der Waals surface area contributed by atoms with Gasteiger partial charge in [-0.15, -0.1) is 0 Å². The molecule has 84 valence electrons. The van der Waals surface area contributed by atoms with Crippen LogP contribution in [0.1, 0.15) is 10.4 Å². The summed E-state index contributed by atoms with van der Waals surface area (Å²) >= 11 is 0. The monoisotopic (exact) mass is 223 g/mol. The van der Waals surface area contributed by atoms with Crippen molar-refractivity contribution in [3.05, 3.63) is 60.2 Å². The van der Waals surface area contributed by atoms with Crippen molar-refractivity contribution in [3.8, 4) is 11.1 Å². The quantitative estimate of drug-likeness (QED) is 0.717. The molecule has 3 rings (SSSR count). The van der Waals surface area contributed by atoms with E-state index in [1.54, 1.807) is 0 Å². The average molecular weight is 223 g/mol. The zero-order valence-electron chi connectivity index (χ0n) is 9.47. The van der Waals surface area contributed by atoms with Crippen LogP contribution in [0.4, 0.5) is 0 Å². The van der Waals surface area contributed by atoms with Gasteiger partial charge in [0.25, 0.3) is 5.91 Å². The molecule has 2 aromatic rings. The highest BCUT2D eigenvalue weighted by atomic mass is 16.2. The number of nitrogens with zero attached hydrogens (tertiary/aromatic N) is 1. The van der Waals surface area contributed by atoms with Crippen molar-refractivity contribution in [2.24, 2.45) is 0 Å². The summed E-state index contributed by atoms with van der Waals surface area (Å²) in [6, 6.07) is 18.0. The number of rotatable bonds is 2. The third-order valence-electron chi connectivity index (χ3n) is 2.97. The zero-order chi connectivity index (χ0) is 11.7. The van der Waals surface area contributed by atoms with Gasteiger partial charge in [-0.25, -0.2) is 0 Å². The fourth-order valence-corrected chi connectivity index (χ4v) is 1.87. The van der Waals surface area contributed by atoms with Gasteiger partial charge in [-0.1, -0.05) is 42.5 Å². The Kier molecular flexibility index (Phi) is 2.41. The summed E-state index contributed by atoms with van der Waals surface area (Å²) in [5.74, 6) is 0.143. The van der Waals surface area contributed by atoms with Crippen molar-refractivity contribution in [1.29, 1.82) is 0 Å². The van der Waals surface area contributed by atoms with Gasteiger partial charge in [0, 0.05) is 18.7 Å². The fraction of sp³-hybridized carbons (Fsp3) is 0.133. The molecule has 1 aliphatic rings. The summed E-state index contributed by atoms with van der Waals surface area (Å²) in [5.41, 5.74) is 3.10. The Morgan fingerprint density at radius 1 is 0.824 bits per heavy atom. The van der Waals surface area contributed by atoms with E-state index in [1.165, 1.54) is 5.56 Å². The van der Waals surface area contributed by atoms with E-state index in [0.717, 1.165) is 24.2 Å². The largest absolute Gasteiger partial charge is 0.335 e. The number of amides is 1. The van der Waals surface area contributed by atoms with Crippen LogP contribution in [0.25, 0.3) is 11.1 Å². The molecule has 1 fully saturated rings. The van der Waals surface area contributed by atoms with Gasteiger partial charge in [-0.2, -0.15) is 0 Å². The highest BCUT2D eigenvalue weighted by Crippen LogP contribution is 2.20. The molecule has 0 aromatic heterocycles. The molecule has 0 N–H and O–H groups in total. The zero-order valence-corrected chi connectivity index (χ0v) is 9.47. The topological polar surface area (TPSA) is 20.1 Å². The maximum atomic E-state index is 11.8. The molecule has 0 aliphatic carbocycles. The Morgan fingerprint density at radius 2 is 1.41 bits per heavy atom. The van der Waals surface area contributed by atoms with Crippen LogP contribution in [0.5, 0.6) is 0 Å². The third kappa shape index (κ3) is 2.07. The second-order valence-corrected chi connectivity index (χ2v) is 4.24. The predicted octanol–water partition coefficient (Wildman–Crippen LogP) is 2.81. The standard InChI is InChI=1S/C15H13NO/c17-15(16-10-11-16)14-8-6-13(7-9-14)12-4-2-1-3-5-12/h1-9H,10-11H2. The second kappa shape index (κ2) is 4.06. The van der Waals surface area contributed by atoms with Crippen molar-refractivity contribution >= 4 is 5.91 Å². The minimum absolute atomic E-state index is 0.143. The maximum absolute atomic E-state index is 11.8. The molecule has 0 radical (unpaired) electrons. The lowest BCUT2D eigenvalue weighted by molar-refractivity contribution is 0.0885. The maximum Gasteiger partial charge on any atom is 0.253 e. The van der Waals surface area contributed by atoms with Crippen LogP contribution in [-0.2, 0) is 0 Å². The lowest BCUT2D eigenvalue weighted by Crippen LogP contribution is -2.09. The number of carbonyl (C=O) groups is 1. The van der Waals surface area contributed by atoms with Gasteiger partial charge < -0.3 is 4.90 Å². The first kappa shape index (κ1) is 10.1. The van der Waals surface area contributed by atoms with Crippen LogP contribution in [0.15, 0.2) is 54.6 Å². The molecule has 1 amide bonds. The van der Waals surface area contributed by atoms with Gasteiger partial charge in [0.1, 0.15) is 0 Å². The van der Waals surface area contributed by atoms with Crippen molar-refractivity contribution in [2.75, 3.05) is 13.1 Å². The van der Waals surface area contributed by atoms with E-state index in [4.69, 9.17) is 0 Å². The van der Waals surface area contributed by atoms with Crippen LogP contribution in [0, 0.1) is 0 Å². The van der Waals surface area contributed by atoms with E-state index in [2.05, 4.69) is 12.1 Å². The van der Waals surface area contributed by atoms with E-state index in [9.17, 15) is 4.79 Å². The summed E-state index contributed by atoms with van der Waals surface area (Å²) in [6.07, 6.45) is 0. The van der Waals surface area contributed by atoms with Crippen molar-refractivity contribution in [2.45, 2.75) is 0 Å². The SMILES string of the molecule is O=C(c1ccc(-c2ccccc2)cc1)N1CC1. The predicted molar refractivity (Wildman–Crippen MR) is 67.8 cm³/mol. The van der Waals surface area contributed by atoms with Crippen LogP contribution in [0.2, 0.25) is 0 Å². The van der Waals surface area contributed by atoms with Crippen LogP contribution in [0.3, 0.4) is 0 Å². The van der Waals surface area contributed by atoms with Gasteiger partial charge in [-0.05, 0) is 23.3 Å². The van der Waals surface area contributed by atoms with E-state index in [1.807, 2.05) is 47.4 Å². The Bertz CT molecular complexity index is 527. The van der Waals surface area contributed by atoms with Gasteiger partial charge >= 0.3 is 0 Å². The smallest absolute Gasteiger partial charge is 0.253 e. The molecule has 1 saturated heterocycles. The summed E-state index contributed by atoms with van der Waals surface area (Å²) in [5, 5.41) is 0. The highest BCUT2D eigenvalue weighted by Gasteiger charge is 2.24. The Labute approximate surface area is 100 Å². The van der Waals surface area contributed by atoms with Crippen molar-refractivity contribution < 1.29 is 4.79 Å². The summed E-state index contributed by atoms with van der Waals surface area (Å²) in [4.78, 5) is 13.6. The first-order valence-corrected chi connectivity index (χ1v) is 5.79. The van der Waals surface area contributed by atoms with Gasteiger partial charge in [-0.3, -0.25) is 4.79 Å². The summed E-state index contributed by atoms with van der Waals surface area (Å²) < 4.78 is 0. The molecular formula is C15H13NO. The molecule has 0 spiro atoms. The van der Waals surface area contributed by atoms with Crippen molar-refractivity contribution in [3.63, 3.8) is 0 Å². The molecule has 0 unspecified atom stereocenters. The third-order valence-corrected chi connectivity index (χ3v) is 2.97. The first-order chi connectivity index (χ1) is 8.34. The van der Waals surface area contributed by atoms with Crippen LogP contribution >= 0.6 is 0 Å². The molecule has 0 atom stereocenters. The second-order valence-electron chi connectivity index (χ2n) is 4.24. The normalized spacial score (nSPS) is 13.5. The minimum Gasteiger partial charge on any atom is -0.335 e. The average Bonchev–Trinajstić information content (AvgIpc) is 3.24. The van der Waals surface area contributed by atoms with E-state index in [-0.39, 0.29) is 5.91 Å². The minimum atomic E-state index is 0.143. The number of hydrogen-bond acceptors (Lipinski definition) is 1.